The van der Waals surface area contributed by atoms with Gasteiger partial charge in [0.15, 0.2) is 0 Å². The third-order valence-electron chi connectivity index (χ3n) is 2.45. The van der Waals surface area contributed by atoms with E-state index in [4.69, 9.17) is 5.73 Å². The van der Waals surface area contributed by atoms with Crippen LogP contribution in [0.3, 0.4) is 0 Å². The molecule has 1 fully saturated rings. The number of hydrogen-bond donors (Lipinski definition) is 1. The highest BCUT2D eigenvalue weighted by molar-refractivity contribution is 9.10. The summed E-state index contributed by atoms with van der Waals surface area (Å²) in [6.07, 6.45) is 2.40. The Labute approximate surface area is 85.3 Å². The summed E-state index contributed by atoms with van der Waals surface area (Å²) in [5.74, 6) is 0.375. The van der Waals surface area contributed by atoms with Crippen molar-refractivity contribution in [1.82, 2.24) is 0 Å². The van der Waals surface area contributed by atoms with Gasteiger partial charge in [-0.2, -0.15) is 0 Å². The predicted octanol–water partition coefficient (Wildman–Crippen LogP) is 3.00. The van der Waals surface area contributed by atoms with Crippen LogP contribution >= 0.6 is 15.9 Å². The van der Waals surface area contributed by atoms with Gasteiger partial charge in [-0.1, -0.05) is 22.0 Å². The molecule has 0 saturated heterocycles. The van der Waals surface area contributed by atoms with Crippen LogP contribution in [0.4, 0.5) is 4.39 Å². The molecule has 3 heteroatoms. The van der Waals surface area contributed by atoms with E-state index in [-0.39, 0.29) is 11.9 Å². The molecule has 1 aromatic rings. The number of rotatable bonds is 2. The molecule has 0 radical (unpaired) electrons. The third-order valence-corrected chi connectivity index (χ3v) is 3.14. The highest BCUT2D eigenvalue weighted by atomic mass is 79.9. The standard InChI is InChI=1S/C10H11BrFN/c11-9-5-7(12)3-4-8(9)10(13)6-1-2-6/h3-6,10H,1-2,13H2. The van der Waals surface area contributed by atoms with Crippen molar-refractivity contribution in [2.24, 2.45) is 11.7 Å². The van der Waals surface area contributed by atoms with Gasteiger partial charge in [0.05, 0.1) is 0 Å². The van der Waals surface area contributed by atoms with E-state index in [1.54, 1.807) is 6.07 Å². The summed E-state index contributed by atoms with van der Waals surface area (Å²) in [7, 11) is 0. The molecule has 70 valence electrons. The lowest BCUT2D eigenvalue weighted by Crippen LogP contribution is -2.12. The Morgan fingerprint density at radius 3 is 2.69 bits per heavy atom. The molecule has 0 aliphatic heterocycles. The second-order valence-electron chi connectivity index (χ2n) is 3.53. The minimum Gasteiger partial charge on any atom is -0.324 e. The topological polar surface area (TPSA) is 26.0 Å². The van der Waals surface area contributed by atoms with Crippen molar-refractivity contribution in [1.29, 1.82) is 0 Å². The number of benzene rings is 1. The van der Waals surface area contributed by atoms with Crippen molar-refractivity contribution in [2.45, 2.75) is 18.9 Å². The average molecular weight is 244 g/mol. The van der Waals surface area contributed by atoms with Gasteiger partial charge in [-0.05, 0) is 36.5 Å². The Morgan fingerprint density at radius 1 is 1.46 bits per heavy atom. The number of nitrogens with two attached hydrogens (primary N) is 1. The normalized spacial score (nSPS) is 18.7. The van der Waals surface area contributed by atoms with Gasteiger partial charge >= 0.3 is 0 Å². The summed E-state index contributed by atoms with van der Waals surface area (Å²) in [6, 6.07) is 4.76. The van der Waals surface area contributed by atoms with Gasteiger partial charge in [0.1, 0.15) is 5.82 Å². The van der Waals surface area contributed by atoms with Crippen LogP contribution in [0.1, 0.15) is 24.4 Å². The van der Waals surface area contributed by atoms with Crippen molar-refractivity contribution in [3.63, 3.8) is 0 Å². The van der Waals surface area contributed by atoms with Gasteiger partial charge in [-0.15, -0.1) is 0 Å². The smallest absolute Gasteiger partial charge is 0.124 e. The first-order chi connectivity index (χ1) is 6.18. The first kappa shape index (κ1) is 9.16. The minimum atomic E-state index is -0.223. The van der Waals surface area contributed by atoms with Crippen LogP contribution in [0.2, 0.25) is 0 Å². The average Bonchev–Trinajstić information content (AvgIpc) is 2.85. The van der Waals surface area contributed by atoms with E-state index < -0.39 is 0 Å². The number of hydrogen-bond acceptors (Lipinski definition) is 1. The summed E-state index contributed by atoms with van der Waals surface area (Å²) in [4.78, 5) is 0. The Hall–Kier alpha value is -0.410. The summed E-state index contributed by atoms with van der Waals surface area (Å²) < 4.78 is 13.5. The molecule has 0 aromatic heterocycles. The highest BCUT2D eigenvalue weighted by Crippen LogP contribution is 2.41. The fourth-order valence-electron chi connectivity index (χ4n) is 1.48. The van der Waals surface area contributed by atoms with E-state index in [9.17, 15) is 4.39 Å². The van der Waals surface area contributed by atoms with Crippen LogP contribution in [0.25, 0.3) is 0 Å². The Bertz CT molecular complexity index is 323. The molecular weight excluding hydrogens is 233 g/mol. The van der Waals surface area contributed by atoms with Gasteiger partial charge in [0, 0.05) is 10.5 Å². The van der Waals surface area contributed by atoms with Crippen LogP contribution in [0.5, 0.6) is 0 Å². The first-order valence-electron chi connectivity index (χ1n) is 4.39. The lowest BCUT2D eigenvalue weighted by molar-refractivity contribution is 0.610. The Morgan fingerprint density at radius 2 is 2.15 bits per heavy atom. The van der Waals surface area contributed by atoms with Crippen LogP contribution in [-0.4, -0.2) is 0 Å². The summed E-state index contributed by atoms with van der Waals surface area (Å²) in [5, 5.41) is 0. The largest absolute Gasteiger partial charge is 0.324 e. The molecule has 2 rings (SSSR count). The minimum absolute atomic E-state index is 0.0648. The van der Waals surface area contributed by atoms with Gasteiger partial charge in [0.2, 0.25) is 0 Å². The fraction of sp³-hybridized carbons (Fsp3) is 0.400. The second kappa shape index (κ2) is 3.39. The lowest BCUT2D eigenvalue weighted by Gasteiger charge is -2.12. The van der Waals surface area contributed by atoms with Crippen molar-refractivity contribution in [2.75, 3.05) is 0 Å². The highest BCUT2D eigenvalue weighted by Gasteiger charge is 2.30. The van der Waals surface area contributed by atoms with Crippen molar-refractivity contribution < 1.29 is 4.39 Å². The zero-order valence-electron chi connectivity index (χ0n) is 7.13. The molecule has 1 aliphatic carbocycles. The first-order valence-corrected chi connectivity index (χ1v) is 5.18. The van der Waals surface area contributed by atoms with E-state index in [0.29, 0.717) is 5.92 Å². The maximum Gasteiger partial charge on any atom is 0.124 e. The fourth-order valence-corrected chi connectivity index (χ4v) is 2.10. The molecule has 1 atom stereocenters. The maximum absolute atomic E-state index is 12.8. The van der Waals surface area contributed by atoms with Crippen molar-refractivity contribution >= 4 is 15.9 Å². The van der Waals surface area contributed by atoms with E-state index >= 15 is 0 Å². The van der Waals surface area contributed by atoms with E-state index in [1.807, 2.05) is 0 Å². The molecule has 1 saturated carbocycles. The lowest BCUT2D eigenvalue weighted by atomic mass is 10.0. The third kappa shape index (κ3) is 1.92. The molecule has 1 nitrogen and oxygen atoms in total. The van der Waals surface area contributed by atoms with Gasteiger partial charge in [-0.3, -0.25) is 0 Å². The number of halogens is 2. The molecule has 0 heterocycles. The molecule has 2 N–H and O–H groups in total. The quantitative estimate of drug-likeness (QED) is 0.850. The van der Waals surface area contributed by atoms with Gasteiger partial charge < -0.3 is 5.73 Å². The molecule has 0 bridgehead atoms. The summed E-state index contributed by atoms with van der Waals surface area (Å²) in [5.41, 5.74) is 7.02. The van der Waals surface area contributed by atoms with Crippen LogP contribution in [0.15, 0.2) is 22.7 Å². The van der Waals surface area contributed by atoms with Crippen LogP contribution in [-0.2, 0) is 0 Å². The monoisotopic (exact) mass is 243 g/mol. The molecule has 0 amide bonds. The molecule has 1 aromatic carbocycles. The SMILES string of the molecule is NC(c1ccc(F)cc1Br)C1CC1. The van der Waals surface area contributed by atoms with E-state index in [2.05, 4.69) is 15.9 Å². The van der Waals surface area contributed by atoms with Crippen molar-refractivity contribution in [3.8, 4) is 0 Å². The molecule has 0 spiro atoms. The second-order valence-corrected chi connectivity index (χ2v) is 4.38. The Kier molecular flexibility index (Phi) is 2.39. The molecule has 1 aliphatic rings. The Balaban J connectivity index is 2.28. The van der Waals surface area contributed by atoms with Crippen LogP contribution < -0.4 is 5.73 Å². The van der Waals surface area contributed by atoms with E-state index in [0.717, 1.165) is 10.0 Å². The molecule has 1 unspecified atom stereocenters. The summed E-state index contributed by atoms with van der Waals surface area (Å²) >= 11 is 3.32. The van der Waals surface area contributed by atoms with Gasteiger partial charge in [-0.25, -0.2) is 4.39 Å². The summed E-state index contributed by atoms with van der Waals surface area (Å²) in [6.45, 7) is 0. The molecule has 13 heavy (non-hydrogen) atoms. The zero-order chi connectivity index (χ0) is 9.42. The van der Waals surface area contributed by atoms with E-state index in [1.165, 1.54) is 25.0 Å². The van der Waals surface area contributed by atoms with Crippen LogP contribution in [0, 0.1) is 11.7 Å². The van der Waals surface area contributed by atoms with Gasteiger partial charge in [0.25, 0.3) is 0 Å². The molecular formula is C10H11BrFN. The predicted molar refractivity (Wildman–Crippen MR) is 53.8 cm³/mol. The zero-order valence-corrected chi connectivity index (χ0v) is 8.72. The van der Waals surface area contributed by atoms with Crippen molar-refractivity contribution in [3.05, 3.63) is 34.1 Å². The maximum atomic E-state index is 12.8.